The van der Waals surface area contributed by atoms with Crippen LogP contribution in [0.3, 0.4) is 0 Å². The molecule has 0 fully saturated rings. The molecular formula is C22H22N4O. The number of hydrogen-bond donors (Lipinski definition) is 0. The predicted molar refractivity (Wildman–Crippen MR) is 104 cm³/mol. The van der Waals surface area contributed by atoms with Gasteiger partial charge in [0.2, 0.25) is 0 Å². The molecule has 2 heterocycles. The maximum Gasteiger partial charge on any atom is 0.256 e. The average molecular weight is 358 g/mol. The van der Waals surface area contributed by atoms with E-state index >= 15 is 0 Å². The monoisotopic (exact) mass is 358 g/mol. The third-order valence-corrected chi connectivity index (χ3v) is 5.27. The van der Waals surface area contributed by atoms with Gasteiger partial charge in [-0.25, -0.2) is 5.01 Å². The first-order valence-electron chi connectivity index (χ1n) is 9.37. The summed E-state index contributed by atoms with van der Waals surface area (Å²) in [4.78, 5) is 14.9. The minimum absolute atomic E-state index is 0.0533. The average Bonchev–Trinajstić information content (AvgIpc) is 3.19. The minimum atomic E-state index is 0.0533. The van der Waals surface area contributed by atoms with Crippen molar-refractivity contribution in [3.05, 3.63) is 70.8 Å². The zero-order chi connectivity index (χ0) is 18.6. The van der Waals surface area contributed by atoms with Crippen LogP contribution >= 0.6 is 0 Å². The second kappa shape index (κ2) is 7.73. The van der Waals surface area contributed by atoms with Crippen LogP contribution in [0.1, 0.15) is 28.7 Å². The Bertz CT molecular complexity index is 914. The van der Waals surface area contributed by atoms with Gasteiger partial charge in [0, 0.05) is 19.5 Å². The fraction of sp³-hybridized carbons (Fsp3) is 0.318. The van der Waals surface area contributed by atoms with Gasteiger partial charge in [0.1, 0.15) is 0 Å². The first-order valence-corrected chi connectivity index (χ1v) is 9.37. The van der Waals surface area contributed by atoms with Gasteiger partial charge in [-0.3, -0.25) is 9.69 Å². The van der Waals surface area contributed by atoms with Crippen LogP contribution in [0.2, 0.25) is 0 Å². The molecular weight excluding hydrogens is 336 g/mol. The second-order valence-electron chi connectivity index (χ2n) is 7.03. The number of amides is 1. The van der Waals surface area contributed by atoms with E-state index in [9.17, 15) is 4.79 Å². The molecule has 0 atom stereocenters. The summed E-state index contributed by atoms with van der Waals surface area (Å²) in [6.45, 7) is 2.63. The Morgan fingerprint density at radius 1 is 1.07 bits per heavy atom. The minimum Gasteiger partial charge on any atom is -0.290 e. The van der Waals surface area contributed by atoms with Crippen molar-refractivity contribution in [2.24, 2.45) is 5.10 Å². The maximum atomic E-state index is 12.7. The molecule has 5 heteroatoms. The van der Waals surface area contributed by atoms with E-state index in [1.807, 2.05) is 42.5 Å². The van der Waals surface area contributed by atoms with Crippen LogP contribution < -0.4 is 0 Å². The molecule has 2 aliphatic heterocycles. The molecule has 136 valence electrons. The number of carbonyl (C=O) groups excluding carboxylic acids is 1. The Labute approximate surface area is 159 Å². The highest BCUT2D eigenvalue weighted by atomic mass is 16.2. The van der Waals surface area contributed by atoms with Crippen molar-refractivity contribution in [3.63, 3.8) is 0 Å². The lowest BCUT2D eigenvalue weighted by atomic mass is 9.93. The van der Waals surface area contributed by atoms with E-state index in [1.54, 1.807) is 5.01 Å². The number of nitrogens with zero attached hydrogens (tertiary/aromatic N) is 4. The summed E-state index contributed by atoms with van der Waals surface area (Å²) in [7, 11) is 0. The molecule has 0 N–H and O–H groups in total. The van der Waals surface area contributed by atoms with Crippen LogP contribution in [0.15, 0.2) is 53.6 Å². The van der Waals surface area contributed by atoms with E-state index in [1.165, 1.54) is 11.1 Å². The molecule has 0 saturated heterocycles. The summed E-state index contributed by atoms with van der Waals surface area (Å²) in [6.07, 6.45) is 2.14. The molecule has 4 rings (SSSR count). The lowest BCUT2D eigenvalue weighted by Crippen LogP contribution is -2.40. The van der Waals surface area contributed by atoms with Crippen molar-refractivity contribution in [2.75, 3.05) is 19.6 Å². The molecule has 0 aromatic heterocycles. The molecule has 2 aromatic rings. The Balaban J connectivity index is 1.41. The molecule has 5 nitrogen and oxygen atoms in total. The van der Waals surface area contributed by atoms with E-state index < -0.39 is 0 Å². The van der Waals surface area contributed by atoms with E-state index in [0.29, 0.717) is 19.5 Å². The fourth-order valence-corrected chi connectivity index (χ4v) is 3.88. The fourth-order valence-electron chi connectivity index (χ4n) is 3.88. The summed E-state index contributed by atoms with van der Waals surface area (Å²) >= 11 is 0. The molecule has 0 radical (unpaired) electrons. The molecule has 2 aliphatic rings. The van der Waals surface area contributed by atoms with Crippen molar-refractivity contribution in [2.45, 2.75) is 25.8 Å². The van der Waals surface area contributed by atoms with Gasteiger partial charge in [0.15, 0.2) is 0 Å². The third-order valence-electron chi connectivity index (χ3n) is 5.27. The first-order chi connectivity index (χ1) is 13.2. The van der Waals surface area contributed by atoms with Gasteiger partial charge in [-0.2, -0.15) is 10.4 Å². The van der Waals surface area contributed by atoms with Crippen molar-refractivity contribution in [3.8, 4) is 6.07 Å². The number of benzene rings is 2. The Hall–Kier alpha value is -2.97. The summed E-state index contributed by atoms with van der Waals surface area (Å²) in [5.41, 5.74) is 5.71. The SMILES string of the molecule is N#CCc1cccc2c1CCN(CC(=O)N1CCC(c3ccccc3)=N1)C2. The molecule has 0 aliphatic carbocycles. The van der Waals surface area contributed by atoms with Gasteiger partial charge >= 0.3 is 0 Å². The van der Waals surface area contributed by atoms with Gasteiger partial charge in [-0.05, 0) is 28.7 Å². The largest absolute Gasteiger partial charge is 0.290 e. The number of hydrazone groups is 1. The third kappa shape index (κ3) is 3.76. The smallest absolute Gasteiger partial charge is 0.256 e. The van der Waals surface area contributed by atoms with E-state index in [0.717, 1.165) is 42.8 Å². The van der Waals surface area contributed by atoms with E-state index in [-0.39, 0.29) is 5.91 Å². The van der Waals surface area contributed by atoms with Gasteiger partial charge in [0.25, 0.3) is 5.91 Å². The highest BCUT2D eigenvalue weighted by Gasteiger charge is 2.25. The van der Waals surface area contributed by atoms with Crippen molar-refractivity contribution >= 4 is 11.6 Å². The van der Waals surface area contributed by atoms with E-state index in [4.69, 9.17) is 5.26 Å². The lowest BCUT2D eigenvalue weighted by Gasteiger charge is -2.30. The van der Waals surface area contributed by atoms with Crippen LogP contribution in [0.25, 0.3) is 0 Å². The van der Waals surface area contributed by atoms with E-state index in [2.05, 4.69) is 22.1 Å². The second-order valence-corrected chi connectivity index (χ2v) is 7.03. The van der Waals surface area contributed by atoms with Crippen molar-refractivity contribution in [1.82, 2.24) is 9.91 Å². The first kappa shape index (κ1) is 17.4. The number of fused-ring (bicyclic) bond motifs is 1. The van der Waals surface area contributed by atoms with Gasteiger partial charge in [-0.1, -0.05) is 48.5 Å². The van der Waals surface area contributed by atoms with Crippen molar-refractivity contribution in [1.29, 1.82) is 5.26 Å². The zero-order valence-electron chi connectivity index (χ0n) is 15.3. The van der Waals surface area contributed by atoms with Gasteiger partial charge in [0.05, 0.1) is 31.3 Å². The van der Waals surface area contributed by atoms with Gasteiger partial charge in [-0.15, -0.1) is 0 Å². The van der Waals surface area contributed by atoms with Crippen LogP contribution in [0.4, 0.5) is 0 Å². The predicted octanol–water partition coefficient (Wildman–Crippen LogP) is 2.75. The molecule has 27 heavy (non-hydrogen) atoms. The number of carbonyl (C=O) groups is 1. The summed E-state index contributed by atoms with van der Waals surface area (Å²) in [5.74, 6) is 0.0533. The molecule has 0 saturated carbocycles. The number of hydrogen-bond acceptors (Lipinski definition) is 4. The molecule has 0 unspecified atom stereocenters. The quantitative estimate of drug-likeness (QED) is 0.844. The standard InChI is InChI=1S/C22H22N4O/c23-12-9-17-7-4-8-19-15-25(13-10-20(17)19)16-22(27)26-14-11-21(24-26)18-5-2-1-3-6-18/h1-8H,9-11,13-16H2. The van der Waals surface area contributed by atoms with Crippen LogP contribution in [-0.4, -0.2) is 41.2 Å². The molecule has 1 amide bonds. The molecule has 0 spiro atoms. The van der Waals surface area contributed by atoms with Crippen molar-refractivity contribution < 1.29 is 4.79 Å². The number of nitriles is 1. The maximum absolute atomic E-state index is 12.7. The normalized spacial score (nSPS) is 16.6. The van der Waals surface area contributed by atoms with Crippen LogP contribution in [0, 0.1) is 11.3 Å². The lowest BCUT2D eigenvalue weighted by molar-refractivity contribution is -0.132. The van der Waals surface area contributed by atoms with Crippen LogP contribution in [0.5, 0.6) is 0 Å². The molecule has 2 aromatic carbocycles. The molecule has 0 bridgehead atoms. The Kier molecular flexibility index (Phi) is 4.99. The summed E-state index contributed by atoms with van der Waals surface area (Å²) in [5, 5.41) is 15.2. The van der Waals surface area contributed by atoms with Crippen LogP contribution in [-0.2, 0) is 24.2 Å². The summed E-state index contributed by atoms with van der Waals surface area (Å²) < 4.78 is 0. The number of rotatable bonds is 4. The highest BCUT2D eigenvalue weighted by molar-refractivity contribution is 6.02. The summed E-state index contributed by atoms with van der Waals surface area (Å²) in [6, 6.07) is 18.4. The van der Waals surface area contributed by atoms with Gasteiger partial charge < -0.3 is 0 Å². The zero-order valence-corrected chi connectivity index (χ0v) is 15.3. The Morgan fingerprint density at radius 3 is 2.74 bits per heavy atom. The Morgan fingerprint density at radius 2 is 1.93 bits per heavy atom. The highest BCUT2D eigenvalue weighted by Crippen LogP contribution is 2.23. The topological polar surface area (TPSA) is 59.7 Å².